The third-order valence-electron chi connectivity index (χ3n) is 10.8. The van der Waals surface area contributed by atoms with E-state index in [0.29, 0.717) is 23.6 Å². The van der Waals surface area contributed by atoms with Crippen LogP contribution in [0.2, 0.25) is 0 Å². The van der Waals surface area contributed by atoms with Gasteiger partial charge in [0.25, 0.3) is 0 Å². The first-order valence-corrected chi connectivity index (χ1v) is 18.6. The summed E-state index contributed by atoms with van der Waals surface area (Å²) in [6.07, 6.45) is -4.90. The maximum Gasteiger partial charge on any atom is 0.316 e. The number of aliphatic hydroxyl groups excluding tert-OH is 1. The molecule has 0 radical (unpaired) electrons. The van der Waals surface area contributed by atoms with Gasteiger partial charge in [-0.15, -0.1) is 0 Å². The van der Waals surface area contributed by atoms with Crippen LogP contribution >= 0.6 is 0 Å². The molecule has 296 valence electrons. The van der Waals surface area contributed by atoms with Crippen molar-refractivity contribution >= 4 is 29.1 Å². The smallest absolute Gasteiger partial charge is 0.316 e. The highest BCUT2D eigenvalue weighted by molar-refractivity contribution is 6.00. The number of aliphatic hydroxyl groups is 2. The number of hydrogen-bond acceptors (Lipinski definition) is 13. The molecule has 14 heteroatoms. The van der Waals surface area contributed by atoms with Gasteiger partial charge in [-0.25, -0.2) is 4.99 Å². The third kappa shape index (κ3) is 10.4. The van der Waals surface area contributed by atoms with E-state index in [1.807, 2.05) is 38.9 Å². The van der Waals surface area contributed by atoms with Crippen molar-refractivity contribution in [3.05, 3.63) is 30.3 Å². The van der Waals surface area contributed by atoms with Crippen LogP contribution in [0.15, 0.2) is 40.5 Å². The van der Waals surface area contributed by atoms with Crippen LogP contribution < -0.4 is 4.84 Å². The molecule has 1 aromatic carbocycles. The van der Waals surface area contributed by atoms with Gasteiger partial charge in [0.15, 0.2) is 17.8 Å². The predicted molar refractivity (Wildman–Crippen MR) is 197 cm³/mol. The summed E-state index contributed by atoms with van der Waals surface area (Å²) in [5.41, 5.74) is -2.44. The number of cyclic esters (lactones) is 1. The summed E-state index contributed by atoms with van der Waals surface area (Å²) >= 11 is 0. The minimum absolute atomic E-state index is 0.00720. The Kier molecular flexibility index (Phi) is 14.5. The van der Waals surface area contributed by atoms with Crippen molar-refractivity contribution in [2.45, 2.75) is 135 Å². The Balaban J connectivity index is 1.93. The number of aliphatic imine (C=N–C) groups is 1. The highest BCUT2D eigenvalue weighted by Crippen LogP contribution is 2.39. The second-order valence-electron chi connectivity index (χ2n) is 15.5. The van der Waals surface area contributed by atoms with E-state index in [2.05, 4.69) is 10.1 Å². The number of esters is 1. The summed E-state index contributed by atoms with van der Waals surface area (Å²) in [6.45, 7) is 12.9. The Hall–Kier alpha value is -3.11. The number of ether oxygens (including phenoxy) is 5. The molecule has 0 aliphatic carbocycles. The number of Topliss-reactive ketones (excluding diaryl/α,β-unsaturated/α-hetero) is 1. The first-order chi connectivity index (χ1) is 24.9. The average Bonchev–Trinajstić information content (AvgIpc) is 3.12. The zero-order chi connectivity index (χ0) is 39.2. The summed E-state index contributed by atoms with van der Waals surface area (Å²) in [5, 5.41) is 28.1. The molecule has 1 aromatic rings. The molecule has 3 fully saturated rings. The Morgan fingerprint density at radius 1 is 1.08 bits per heavy atom. The number of carbonyl (C=O) groups is 3. The van der Waals surface area contributed by atoms with E-state index in [0.717, 1.165) is 0 Å². The molecule has 14 nitrogen and oxygen atoms in total. The quantitative estimate of drug-likeness (QED) is 0.246. The number of amides is 1. The fourth-order valence-corrected chi connectivity index (χ4v) is 7.62. The van der Waals surface area contributed by atoms with Gasteiger partial charge in [-0.3, -0.25) is 14.4 Å². The Morgan fingerprint density at radius 3 is 2.38 bits per heavy atom. The van der Waals surface area contributed by atoms with E-state index in [1.54, 1.807) is 45.0 Å². The summed E-state index contributed by atoms with van der Waals surface area (Å²) in [7, 11) is 3.73. The number of rotatable bonds is 6. The van der Waals surface area contributed by atoms with Crippen LogP contribution in [0.3, 0.4) is 0 Å². The number of fused-ring (bicyclic) bond motifs is 5. The third-order valence-corrected chi connectivity index (χ3v) is 10.8. The zero-order valence-electron chi connectivity index (χ0n) is 32.8. The van der Waals surface area contributed by atoms with Crippen LogP contribution in [0, 0.1) is 17.8 Å². The van der Waals surface area contributed by atoms with Gasteiger partial charge < -0.3 is 43.6 Å². The topological polar surface area (TPSA) is 175 Å². The van der Waals surface area contributed by atoms with E-state index in [-0.39, 0.29) is 44.6 Å². The maximum absolute atomic E-state index is 14.4. The molecule has 12 atom stereocenters. The lowest BCUT2D eigenvalue weighted by atomic mass is 9.76. The van der Waals surface area contributed by atoms with Crippen LogP contribution in [0.5, 0.6) is 5.75 Å². The first-order valence-electron chi connectivity index (χ1n) is 18.6. The molecular weight excluding hydrogens is 686 g/mol. The summed E-state index contributed by atoms with van der Waals surface area (Å²) in [5.74, 6) is -4.02. The van der Waals surface area contributed by atoms with E-state index < -0.39 is 77.3 Å². The Bertz CT molecular complexity index is 1480. The van der Waals surface area contributed by atoms with Crippen molar-refractivity contribution in [2.24, 2.45) is 27.9 Å². The molecule has 53 heavy (non-hydrogen) atoms. The van der Waals surface area contributed by atoms with Crippen LogP contribution in [-0.4, -0.2) is 126 Å². The Labute approximate surface area is 313 Å². The molecule has 3 heterocycles. The molecule has 0 unspecified atom stereocenters. The normalized spacial score (nSPS) is 39.6. The fourth-order valence-electron chi connectivity index (χ4n) is 7.62. The van der Waals surface area contributed by atoms with Crippen molar-refractivity contribution in [2.75, 3.05) is 27.3 Å². The predicted octanol–water partition coefficient (Wildman–Crippen LogP) is 3.74. The molecular formula is C39H59N3O11. The molecule has 3 saturated heterocycles. The summed E-state index contributed by atoms with van der Waals surface area (Å²) < 4.78 is 32.0. The summed E-state index contributed by atoms with van der Waals surface area (Å²) in [6, 6.07) is 8.64. The zero-order valence-corrected chi connectivity index (χ0v) is 32.8. The molecule has 3 aliphatic rings. The average molecular weight is 746 g/mol. The van der Waals surface area contributed by atoms with Gasteiger partial charge in [0.1, 0.15) is 29.4 Å². The lowest BCUT2D eigenvalue weighted by Crippen LogP contribution is -2.59. The first kappa shape index (κ1) is 42.6. The molecule has 1 amide bonds. The minimum atomic E-state index is -1.80. The lowest BCUT2D eigenvalue weighted by molar-refractivity contribution is -0.296. The van der Waals surface area contributed by atoms with Crippen LogP contribution in [0.1, 0.15) is 81.1 Å². The van der Waals surface area contributed by atoms with Crippen molar-refractivity contribution in [1.29, 1.82) is 0 Å². The van der Waals surface area contributed by atoms with Crippen molar-refractivity contribution in [3.8, 4) is 5.75 Å². The molecule has 0 aromatic heterocycles. The Morgan fingerprint density at radius 2 is 1.75 bits per heavy atom. The number of hydrogen-bond donors (Lipinski definition) is 2. The monoisotopic (exact) mass is 745 g/mol. The van der Waals surface area contributed by atoms with Crippen LogP contribution in [0.4, 0.5) is 0 Å². The molecule has 2 bridgehead atoms. The van der Waals surface area contributed by atoms with Crippen molar-refractivity contribution in [3.63, 3.8) is 0 Å². The molecule has 2 N–H and O–H groups in total. The number of likely N-dealkylation sites (N-methyl/N-ethyl adjacent to an activating group) is 1. The van der Waals surface area contributed by atoms with Gasteiger partial charge in [0, 0.05) is 31.0 Å². The van der Waals surface area contributed by atoms with Gasteiger partial charge in [-0.2, -0.15) is 0 Å². The SMILES string of the molecule is CC[C@@H]1OC(=O)[C@H](C)C(=O)[C@H](C)[C@@H](O[C@@H]2O[C@H](C)C[C@H](N(C)C)[C@H]2O)[C@@]2(C)C[C@@H](C)C(=NC(C)=O)C[C@H](OC/C(=N/Oc3ccccc3)CO2)[C@]1(C)O. The number of benzene rings is 1. The second-order valence-corrected chi connectivity index (χ2v) is 15.5. The van der Waals surface area contributed by atoms with Gasteiger partial charge >= 0.3 is 5.97 Å². The standard InChI is InChI=1S/C39H59N3O11/c1-11-31-39(8,47)32-18-29(40-26(6)43)22(2)19-38(7,49-21-27(20-48-32)41-53-28-15-13-12-14-16-28)35(24(4)33(44)25(5)36(46)51-31)52-37-34(45)30(42(9)10)17-23(3)50-37/h12-16,22-25,30-32,34-35,37,45,47H,11,17-21H2,1-10H3/b40-29?,41-27-/t22-,23-,24+,25-,30+,31+,32+,34-,35-,37+,38-,39-/m1/s1. The van der Waals surface area contributed by atoms with Gasteiger partial charge in [0.05, 0.1) is 37.1 Å². The van der Waals surface area contributed by atoms with Gasteiger partial charge in [-0.1, -0.05) is 44.1 Å². The minimum Gasteiger partial charge on any atom is -0.459 e. The highest BCUT2D eigenvalue weighted by Gasteiger charge is 2.51. The number of carbonyl (C=O) groups excluding carboxylic acids is 3. The highest BCUT2D eigenvalue weighted by atomic mass is 16.7. The molecule has 4 rings (SSSR count). The lowest BCUT2D eigenvalue weighted by Gasteiger charge is -2.47. The van der Waals surface area contributed by atoms with Crippen molar-refractivity contribution < 1.29 is 53.1 Å². The van der Waals surface area contributed by atoms with Crippen molar-refractivity contribution in [1.82, 2.24) is 4.90 Å². The van der Waals surface area contributed by atoms with E-state index in [4.69, 9.17) is 28.5 Å². The van der Waals surface area contributed by atoms with E-state index >= 15 is 0 Å². The summed E-state index contributed by atoms with van der Waals surface area (Å²) in [4.78, 5) is 52.7. The fraction of sp³-hybridized carbons (Fsp3) is 0.718. The van der Waals surface area contributed by atoms with Gasteiger partial charge in [-0.05, 0) is 79.1 Å². The molecule has 0 spiro atoms. The van der Waals surface area contributed by atoms with Crippen LogP contribution in [-0.2, 0) is 38.1 Å². The van der Waals surface area contributed by atoms with E-state index in [9.17, 15) is 24.6 Å². The van der Waals surface area contributed by atoms with E-state index in [1.165, 1.54) is 20.8 Å². The molecule has 0 saturated carbocycles. The second kappa shape index (κ2) is 18.0. The number of ketones is 1. The van der Waals surface area contributed by atoms with Gasteiger partial charge in [0.2, 0.25) is 5.91 Å². The molecule has 3 aliphatic heterocycles. The number of para-hydroxylation sites is 1. The van der Waals surface area contributed by atoms with Crippen LogP contribution in [0.25, 0.3) is 0 Å². The largest absolute Gasteiger partial charge is 0.459 e. The maximum atomic E-state index is 14.4. The number of nitrogens with zero attached hydrogens (tertiary/aromatic N) is 3. The number of oxime groups is 1.